The molecule has 4 rings (SSSR count). The second-order valence-electron chi connectivity index (χ2n) is 7.59. The first-order chi connectivity index (χ1) is 17.3. The van der Waals surface area contributed by atoms with Gasteiger partial charge in [-0.25, -0.2) is 12.8 Å². The fraction of sp³-hybridized carbons (Fsp3) is 0.217. The Morgan fingerprint density at radius 1 is 1.19 bits per heavy atom. The molecule has 186 valence electrons. The van der Waals surface area contributed by atoms with Gasteiger partial charge in [-0.3, -0.25) is 14.3 Å². The van der Waals surface area contributed by atoms with E-state index in [9.17, 15) is 18.1 Å². The standard InChI is InChI=1S/C23H21FN6O5S/c1-14(10-17-15(12-25)11-16(24)13-26-17)36(31,32)29-23-28-27-22(20-8-5-9-35-20)30(23)21-18(33-2)6-4-7-19(21)34-3/h4-9,11,13-14H,10H2,1-3H3,(H,28,29). The van der Waals surface area contributed by atoms with Crippen molar-refractivity contribution in [1.29, 1.82) is 5.26 Å². The maximum atomic E-state index is 13.5. The van der Waals surface area contributed by atoms with Crippen LogP contribution < -0.4 is 14.2 Å². The molecule has 3 heterocycles. The third-order valence-corrected chi connectivity index (χ3v) is 7.02. The number of halogens is 1. The van der Waals surface area contributed by atoms with Crippen LogP contribution in [0.2, 0.25) is 0 Å². The lowest BCUT2D eigenvalue weighted by Crippen LogP contribution is -2.29. The summed E-state index contributed by atoms with van der Waals surface area (Å²) in [5.41, 5.74) is 0.455. The quantitative estimate of drug-likeness (QED) is 0.357. The van der Waals surface area contributed by atoms with E-state index in [4.69, 9.17) is 13.9 Å². The van der Waals surface area contributed by atoms with E-state index in [2.05, 4.69) is 19.9 Å². The summed E-state index contributed by atoms with van der Waals surface area (Å²) in [6.07, 6.45) is 2.24. The molecule has 0 aliphatic carbocycles. The summed E-state index contributed by atoms with van der Waals surface area (Å²) in [5.74, 6) is 0.411. The summed E-state index contributed by atoms with van der Waals surface area (Å²) in [4.78, 5) is 3.89. The molecule has 1 N–H and O–H groups in total. The van der Waals surface area contributed by atoms with Crippen LogP contribution in [-0.2, 0) is 16.4 Å². The minimum absolute atomic E-state index is 0.0425. The predicted molar refractivity (Wildman–Crippen MR) is 127 cm³/mol. The fourth-order valence-corrected chi connectivity index (χ4v) is 4.48. The number of hydrogen-bond acceptors (Lipinski definition) is 9. The molecular formula is C23H21FN6O5S. The van der Waals surface area contributed by atoms with E-state index in [1.54, 1.807) is 30.3 Å². The fourth-order valence-electron chi connectivity index (χ4n) is 3.52. The van der Waals surface area contributed by atoms with Crippen molar-refractivity contribution in [2.24, 2.45) is 0 Å². The molecule has 0 aliphatic heterocycles. The summed E-state index contributed by atoms with van der Waals surface area (Å²) in [6, 6.07) is 11.2. The lowest BCUT2D eigenvalue weighted by atomic mass is 10.1. The van der Waals surface area contributed by atoms with Crippen molar-refractivity contribution in [1.82, 2.24) is 19.7 Å². The summed E-state index contributed by atoms with van der Waals surface area (Å²) < 4.78 is 60.4. The van der Waals surface area contributed by atoms with Gasteiger partial charge >= 0.3 is 0 Å². The van der Waals surface area contributed by atoms with Crippen molar-refractivity contribution >= 4 is 16.0 Å². The van der Waals surface area contributed by atoms with Gasteiger partial charge in [-0.1, -0.05) is 6.07 Å². The van der Waals surface area contributed by atoms with Gasteiger partial charge in [0.2, 0.25) is 21.8 Å². The molecular weight excluding hydrogens is 491 g/mol. The van der Waals surface area contributed by atoms with Crippen LogP contribution in [0, 0.1) is 17.1 Å². The smallest absolute Gasteiger partial charge is 0.243 e. The van der Waals surface area contributed by atoms with Crippen LogP contribution in [0.4, 0.5) is 10.3 Å². The zero-order valence-corrected chi connectivity index (χ0v) is 20.3. The topological polar surface area (TPSA) is 145 Å². The molecule has 0 amide bonds. The largest absolute Gasteiger partial charge is 0.494 e. The Bertz CT molecular complexity index is 1510. The van der Waals surface area contributed by atoms with E-state index in [1.165, 1.54) is 32.0 Å². The van der Waals surface area contributed by atoms with Gasteiger partial charge in [-0.15, -0.1) is 10.2 Å². The number of pyridine rings is 1. The van der Waals surface area contributed by atoms with Crippen molar-refractivity contribution < 1.29 is 26.7 Å². The summed E-state index contributed by atoms with van der Waals surface area (Å²) in [7, 11) is -1.18. The van der Waals surface area contributed by atoms with E-state index >= 15 is 0 Å². The molecule has 13 heteroatoms. The van der Waals surface area contributed by atoms with Crippen LogP contribution in [0.5, 0.6) is 11.5 Å². The van der Waals surface area contributed by atoms with Crippen molar-refractivity contribution in [3.8, 4) is 34.8 Å². The van der Waals surface area contributed by atoms with Gasteiger partial charge in [0.05, 0.1) is 43.2 Å². The average Bonchev–Trinajstić information content (AvgIpc) is 3.54. The lowest BCUT2D eigenvalue weighted by Gasteiger charge is -2.18. The first-order valence-electron chi connectivity index (χ1n) is 10.6. The van der Waals surface area contributed by atoms with E-state index < -0.39 is 21.1 Å². The molecule has 1 atom stereocenters. The zero-order valence-electron chi connectivity index (χ0n) is 19.5. The Hall–Kier alpha value is -4.44. The lowest BCUT2D eigenvalue weighted by molar-refractivity contribution is 0.391. The third-order valence-electron chi connectivity index (χ3n) is 5.33. The van der Waals surface area contributed by atoms with E-state index in [1.807, 2.05) is 6.07 Å². The monoisotopic (exact) mass is 512 g/mol. The van der Waals surface area contributed by atoms with E-state index in [0.29, 0.717) is 22.9 Å². The number of anilines is 1. The predicted octanol–water partition coefficient (Wildman–Crippen LogP) is 3.32. The molecule has 0 fully saturated rings. The SMILES string of the molecule is COc1cccc(OC)c1-n1c(NS(=O)(=O)C(C)Cc2ncc(F)cc2C#N)nnc1-c1ccco1. The second-order valence-corrected chi connectivity index (χ2v) is 9.69. The van der Waals surface area contributed by atoms with Crippen LogP contribution in [0.25, 0.3) is 17.3 Å². The molecule has 1 unspecified atom stereocenters. The van der Waals surface area contributed by atoms with Gasteiger partial charge in [-0.05, 0) is 37.3 Å². The number of ether oxygens (including phenoxy) is 2. The number of nitriles is 1. The van der Waals surface area contributed by atoms with Gasteiger partial charge in [0.25, 0.3) is 0 Å². The van der Waals surface area contributed by atoms with Gasteiger partial charge in [0.1, 0.15) is 29.1 Å². The van der Waals surface area contributed by atoms with Crippen LogP contribution in [0.1, 0.15) is 18.2 Å². The average molecular weight is 513 g/mol. The van der Waals surface area contributed by atoms with Gasteiger partial charge in [-0.2, -0.15) is 5.26 Å². The van der Waals surface area contributed by atoms with Gasteiger partial charge < -0.3 is 13.9 Å². The molecule has 0 spiro atoms. The molecule has 3 aromatic heterocycles. The van der Waals surface area contributed by atoms with Crippen molar-refractivity contribution in [3.63, 3.8) is 0 Å². The molecule has 0 saturated heterocycles. The highest BCUT2D eigenvalue weighted by Crippen LogP contribution is 2.37. The summed E-state index contributed by atoms with van der Waals surface area (Å²) >= 11 is 0. The van der Waals surface area contributed by atoms with Crippen molar-refractivity contribution in [3.05, 3.63) is 65.9 Å². The molecule has 0 bridgehead atoms. The van der Waals surface area contributed by atoms with Crippen LogP contribution in [-0.4, -0.2) is 47.6 Å². The Morgan fingerprint density at radius 3 is 2.53 bits per heavy atom. The highest BCUT2D eigenvalue weighted by atomic mass is 32.2. The number of hydrogen-bond donors (Lipinski definition) is 1. The Morgan fingerprint density at radius 2 is 1.92 bits per heavy atom. The van der Waals surface area contributed by atoms with Gasteiger partial charge in [0.15, 0.2) is 5.76 Å². The molecule has 0 aliphatic rings. The maximum Gasteiger partial charge on any atom is 0.243 e. The highest BCUT2D eigenvalue weighted by molar-refractivity contribution is 7.93. The van der Waals surface area contributed by atoms with Crippen LogP contribution in [0.15, 0.2) is 53.3 Å². The molecule has 0 radical (unpaired) electrons. The van der Waals surface area contributed by atoms with Gasteiger partial charge in [0, 0.05) is 6.42 Å². The van der Waals surface area contributed by atoms with Crippen molar-refractivity contribution in [2.75, 3.05) is 18.9 Å². The minimum Gasteiger partial charge on any atom is -0.494 e. The number of sulfonamides is 1. The molecule has 0 saturated carbocycles. The van der Waals surface area contributed by atoms with E-state index in [-0.39, 0.29) is 29.5 Å². The first-order valence-corrected chi connectivity index (χ1v) is 12.1. The number of rotatable bonds is 9. The molecule has 36 heavy (non-hydrogen) atoms. The number of nitrogens with zero attached hydrogens (tertiary/aromatic N) is 5. The summed E-state index contributed by atoms with van der Waals surface area (Å²) in [6.45, 7) is 1.44. The number of nitrogens with one attached hydrogen (secondary N) is 1. The Kier molecular flexibility index (Phi) is 6.89. The Labute approximate surface area is 206 Å². The number of benzene rings is 1. The number of furan rings is 1. The Balaban J connectivity index is 1.77. The number of methoxy groups -OCH3 is 2. The third kappa shape index (κ3) is 4.71. The zero-order chi connectivity index (χ0) is 25.9. The summed E-state index contributed by atoms with van der Waals surface area (Å²) in [5, 5.41) is 16.4. The highest BCUT2D eigenvalue weighted by Gasteiger charge is 2.29. The minimum atomic E-state index is -4.10. The van der Waals surface area contributed by atoms with Crippen LogP contribution >= 0.6 is 0 Å². The first kappa shape index (κ1) is 24.7. The van der Waals surface area contributed by atoms with Crippen molar-refractivity contribution in [2.45, 2.75) is 18.6 Å². The molecule has 11 nitrogen and oxygen atoms in total. The van der Waals surface area contributed by atoms with Crippen LogP contribution in [0.3, 0.4) is 0 Å². The molecule has 1 aromatic carbocycles. The number of para-hydroxylation sites is 1. The maximum absolute atomic E-state index is 13.5. The number of aromatic nitrogens is 4. The molecule has 4 aromatic rings. The normalized spacial score (nSPS) is 12.1. The van der Waals surface area contributed by atoms with E-state index in [0.717, 1.165) is 12.3 Å². The second kappa shape index (κ2) is 10.0.